The first-order valence-electron chi connectivity index (χ1n) is 0.935. The average Bonchev–Trinajstić information content (AvgIpc) is 1.38. The van der Waals surface area contributed by atoms with Crippen LogP contribution >= 0.6 is 0 Å². The topological polar surface area (TPSA) is 259 Å². The average molecular weight is 210 g/mol. The maximum absolute atomic E-state index is 7.44. The van der Waals surface area contributed by atoms with Crippen LogP contribution in [0.4, 0.5) is 0 Å². The molecule has 0 atom stereocenters. The third kappa shape index (κ3) is 140. The number of hydrogen-bond donors (Lipinski definition) is 3. The van der Waals surface area contributed by atoms with Crippen molar-refractivity contribution in [2.75, 3.05) is 0 Å². The van der Waals surface area contributed by atoms with Crippen LogP contribution in [0.3, 0.4) is 0 Å². The molecule has 0 aromatic rings. The Kier molecular flexibility index (Phi) is 402. The Hall–Kier alpha value is 0.665. The summed E-state index contributed by atoms with van der Waals surface area (Å²) in [6.07, 6.45) is 0. The van der Waals surface area contributed by atoms with Crippen LogP contribution in [-0.2, 0) is 4.81 Å². The van der Waals surface area contributed by atoms with Crippen LogP contribution < -0.4 is 0 Å². The van der Waals surface area contributed by atoms with Crippen LogP contribution in [0.5, 0.6) is 0 Å². The molecule has 0 aromatic heterocycles. The van der Waals surface area contributed by atoms with Gasteiger partial charge >= 0.3 is 36.9 Å². The van der Waals surface area contributed by atoms with Gasteiger partial charge in [0.05, 0.1) is 0 Å². The van der Waals surface area contributed by atoms with E-state index < -0.39 is 7.32 Å². The molecule has 0 spiro atoms. The summed E-state index contributed by atoms with van der Waals surface area (Å²) in [5.41, 5.74) is 0. The molecule has 0 saturated carbocycles. The van der Waals surface area contributed by atoms with Gasteiger partial charge < -0.3 is 42.9 Å². The Balaban J connectivity index is -0.00000000381. The molecule has 10 nitrogen and oxygen atoms in total. The first-order valence-corrected chi connectivity index (χ1v) is 0.935. The predicted octanol–water partition coefficient (Wildman–Crippen LogP) is -7.15. The van der Waals surface area contributed by atoms with Crippen molar-refractivity contribution in [3.05, 3.63) is 0 Å². The molecule has 12 heteroatoms. The second-order valence-corrected chi connectivity index (χ2v) is 0.432. The molecule has 0 aromatic carbocycles. The zero-order valence-corrected chi connectivity index (χ0v) is 5.33. The molecule has 0 saturated heterocycles. The minimum atomic E-state index is -2.06. The third-order valence-electron chi connectivity index (χ3n) is 0.0943. The van der Waals surface area contributed by atoms with Gasteiger partial charge in [-0.1, -0.05) is 0 Å². The van der Waals surface area contributed by atoms with Gasteiger partial charge in [-0.25, -0.2) is 4.81 Å². The Bertz CT molecular complexity index is 23.8. The van der Waals surface area contributed by atoms with Crippen molar-refractivity contribution in [3.8, 4) is 0 Å². The third-order valence-corrected chi connectivity index (χ3v) is 0.0943. The van der Waals surface area contributed by atoms with E-state index >= 15 is 0 Å². The quantitative estimate of drug-likeness (QED) is 0.216. The van der Waals surface area contributed by atoms with Crippen molar-refractivity contribution in [1.82, 2.24) is 0 Å². The Morgan fingerprint density at radius 2 is 0.833 bits per heavy atom. The van der Waals surface area contributed by atoms with E-state index in [2.05, 4.69) is 4.81 Å². The summed E-state index contributed by atoms with van der Waals surface area (Å²) in [5, 5.41) is 22.0. The van der Waals surface area contributed by atoms with Gasteiger partial charge in [-0.05, 0) is 0 Å². The van der Waals surface area contributed by atoms with Gasteiger partial charge in [-0.2, -0.15) is 0 Å². The minimum absolute atomic E-state index is 0. The Morgan fingerprint density at radius 1 is 0.750 bits per heavy atom. The SMILES string of the molecule is O.O.O.O.O.O.OOB(O)O.[NaH]. The fourth-order valence-corrected chi connectivity index (χ4v) is 0. The molecular weight excluding hydrogens is 194 g/mol. The van der Waals surface area contributed by atoms with Crippen molar-refractivity contribution in [2.45, 2.75) is 0 Å². The van der Waals surface area contributed by atoms with Gasteiger partial charge in [0, 0.05) is 0 Å². The standard InChI is InChI=1S/BH3O4.Na.6H2O.H/c2-1(3)5-4;;;;;;;;/h2-4H;;6*1H2;. The van der Waals surface area contributed by atoms with Gasteiger partial charge in [0.25, 0.3) is 0 Å². The van der Waals surface area contributed by atoms with Crippen molar-refractivity contribution in [3.63, 3.8) is 0 Å². The Labute approximate surface area is 90.0 Å². The van der Waals surface area contributed by atoms with E-state index in [9.17, 15) is 0 Å². The van der Waals surface area contributed by atoms with Crippen molar-refractivity contribution < 1.29 is 53.0 Å². The molecule has 12 heavy (non-hydrogen) atoms. The first kappa shape index (κ1) is 79.2. The van der Waals surface area contributed by atoms with Gasteiger partial charge in [0.1, 0.15) is 0 Å². The van der Waals surface area contributed by atoms with Gasteiger partial charge in [0.2, 0.25) is 0 Å². The van der Waals surface area contributed by atoms with Gasteiger partial charge in [0.15, 0.2) is 0 Å². The van der Waals surface area contributed by atoms with E-state index in [-0.39, 0.29) is 62.4 Å². The van der Waals surface area contributed by atoms with Crippen LogP contribution in [0, 0.1) is 0 Å². The second kappa shape index (κ2) is 61.0. The van der Waals surface area contributed by atoms with Crippen LogP contribution in [0.15, 0.2) is 0 Å². The first-order chi connectivity index (χ1) is 2.27. The van der Waals surface area contributed by atoms with E-state index in [1.165, 1.54) is 0 Å². The Morgan fingerprint density at radius 3 is 0.833 bits per heavy atom. The molecule has 0 radical (unpaired) electrons. The summed E-state index contributed by atoms with van der Waals surface area (Å²) in [6, 6.07) is 0. The fraction of sp³-hybridized carbons (Fsp3) is 0. The molecule has 0 heterocycles. The summed E-state index contributed by atoms with van der Waals surface area (Å²) in [6.45, 7) is 0. The number of rotatable bonds is 1. The van der Waals surface area contributed by atoms with Crippen LogP contribution in [0.2, 0.25) is 0 Å². The van der Waals surface area contributed by atoms with E-state index in [1.54, 1.807) is 0 Å². The molecule has 0 aliphatic heterocycles. The van der Waals surface area contributed by atoms with Gasteiger partial charge in [-0.3, -0.25) is 5.26 Å². The molecule has 80 valence electrons. The van der Waals surface area contributed by atoms with Crippen molar-refractivity contribution in [1.29, 1.82) is 0 Å². The van der Waals surface area contributed by atoms with Crippen LogP contribution in [0.25, 0.3) is 0 Å². The maximum atomic E-state index is 7.44. The zero-order valence-electron chi connectivity index (χ0n) is 5.33. The van der Waals surface area contributed by atoms with E-state index in [0.29, 0.717) is 0 Å². The van der Waals surface area contributed by atoms with E-state index in [0.717, 1.165) is 0 Å². The molecule has 0 amide bonds. The molecule has 0 rings (SSSR count). The van der Waals surface area contributed by atoms with E-state index in [4.69, 9.17) is 15.3 Å². The van der Waals surface area contributed by atoms with Crippen LogP contribution in [-0.4, -0.2) is 85.0 Å². The molecule has 0 unspecified atom stereocenters. The van der Waals surface area contributed by atoms with E-state index in [1.807, 2.05) is 0 Å². The number of hydrogen-bond acceptors (Lipinski definition) is 4. The summed E-state index contributed by atoms with van der Waals surface area (Å²) >= 11 is 0. The van der Waals surface area contributed by atoms with Crippen molar-refractivity contribution >= 4 is 36.9 Å². The molecule has 0 fully saturated rings. The monoisotopic (exact) mass is 210 g/mol. The predicted molar refractivity (Wildman–Crippen MR) is 42.7 cm³/mol. The van der Waals surface area contributed by atoms with Crippen molar-refractivity contribution in [2.24, 2.45) is 0 Å². The second-order valence-electron chi connectivity index (χ2n) is 0.432. The zero-order chi connectivity index (χ0) is 4.28. The normalized spacial score (nSPS) is 3.25. The summed E-state index contributed by atoms with van der Waals surface area (Å²) in [5.74, 6) is 0. The van der Waals surface area contributed by atoms with Gasteiger partial charge in [-0.15, -0.1) is 0 Å². The molecule has 0 bridgehead atoms. The summed E-state index contributed by atoms with van der Waals surface area (Å²) in [4.78, 5) is 2.86. The fourth-order valence-electron chi connectivity index (χ4n) is 0. The van der Waals surface area contributed by atoms with Crippen LogP contribution in [0.1, 0.15) is 0 Å². The molecular formula is H16BNaO10. The molecule has 15 N–H and O–H groups in total. The summed E-state index contributed by atoms with van der Waals surface area (Å²) < 4.78 is 0. The molecule has 0 aliphatic carbocycles. The summed E-state index contributed by atoms with van der Waals surface area (Å²) in [7, 11) is -2.06. The molecule has 0 aliphatic rings.